The van der Waals surface area contributed by atoms with Crippen molar-refractivity contribution >= 4 is 11.6 Å². The van der Waals surface area contributed by atoms with Gasteiger partial charge >= 0.3 is 0 Å². The van der Waals surface area contributed by atoms with Crippen LogP contribution in [0.4, 0.5) is 5.69 Å². The van der Waals surface area contributed by atoms with Crippen molar-refractivity contribution in [3.8, 4) is 5.75 Å². The van der Waals surface area contributed by atoms with Crippen molar-refractivity contribution in [1.29, 1.82) is 0 Å². The van der Waals surface area contributed by atoms with Crippen molar-refractivity contribution in [3.63, 3.8) is 0 Å². The largest absolute Gasteiger partial charge is 0.497 e. The van der Waals surface area contributed by atoms with Crippen LogP contribution in [0, 0.1) is 5.41 Å². The molecule has 1 fully saturated rings. The molecule has 1 aliphatic rings. The smallest absolute Gasteiger partial charge is 0.230 e. The Bertz CT molecular complexity index is 419. The third-order valence-corrected chi connectivity index (χ3v) is 3.85. The summed E-state index contributed by atoms with van der Waals surface area (Å²) in [6.45, 7) is 6.32. The molecule has 1 amide bonds. The zero-order valence-corrected chi connectivity index (χ0v) is 13.9. The summed E-state index contributed by atoms with van der Waals surface area (Å²) in [7, 11) is 1.64. The Morgan fingerprint density at radius 2 is 1.67 bits per heavy atom. The summed E-state index contributed by atoms with van der Waals surface area (Å²) < 4.78 is 5.10. The van der Waals surface area contributed by atoms with Gasteiger partial charge in [0, 0.05) is 11.1 Å². The van der Waals surface area contributed by atoms with E-state index in [1.807, 2.05) is 24.3 Å². The zero-order valence-electron chi connectivity index (χ0n) is 13.9. The average molecular weight is 291 g/mol. The quantitative estimate of drug-likeness (QED) is 0.849. The Hall–Kier alpha value is -1.51. The van der Waals surface area contributed by atoms with Gasteiger partial charge in [0.05, 0.1) is 7.11 Å². The number of ether oxygens (including phenoxy) is 1. The maximum absolute atomic E-state index is 12.3. The minimum Gasteiger partial charge on any atom is -0.497 e. The first-order valence-corrected chi connectivity index (χ1v) is 8.01. The summed E-state index contributed by atoms with van der Waals surface area (Å²) >= 11 is 0. The summed E-state index contributed by atoms with van der Waals surface area (Å²) in [5.74, 6) is 0.948. The van der Waals surface area contributed by atoms with E-state index in [0.717, 1.165) is 37.1 Å². The summed E-state index contributed by atoms with van der Waals surface area (Å²) in [4.78, 5) is 12.3. The highest BCUT2D eigenvalue weighted by Gasteiger charge is 2.34. The Kier molecular flexibility index (Phi) is 7.27. The minimum atomic E-state index is -0.196. The summed E-state index contributed by atoms with van der Waals surface area (Å²) in [6.07, 6.45) is 6.81. The van der Waals surface area contributed by atoms with E-state index in [-0.39, 0.29) is 11.3 Å². The Balaban J connectivity index is 0.000000677. The molecule has 0 aromatic heterocycles. The van der Waals surface area contributed by atoms with Crippen molar-refractivity contribution in [3.05, 3.63) is 24.3 Å². The van der Waals surface area contributed by atoms with Gasteiger partial charge in [-0.15, -0.1) is 0 Å². The first kappa shape index (κ1) is 17.5. The molecule has 1 aliphatic carbocycles. The molecule has 118 valence electrons. The fourth-order valence-corrected chi connectivity index (χ4v) is 2.52. The minimum absolute atomic E-state index is 0.146. The summed E-state index contributed by atoms with van der Waals surface area (Å²) in [6, 6.07) is 7.48. The Labute approximate surface area is 129 Å². The molecule has 0 radical (unpaired) electrons. The van der Waals surface area contributed by atoms with E-state index in [9.17, 15) is 4.79 Å². The van der Waals surface area contributed by atoms with Crippen LogP contribution in [-0.2, 0) is 4.79 Å². The number of nitrogens with one attached hydrogen (secondary N) is 1. The molecule has 0 heterocycles. The second-order valence-corrected chi connectivity index (χ2v) is 6.01. The van der Waals surface area contributed by atoms with Gasteiger partial charge in [0.1, 0.15) is 5.75 Å². The van der Waals surface area contributed by atoms with Crippen LogP contribution in [0.5, 0.6) is 5.75 Å². The number of methoxy groups -OCH3 is 1. The van der Waals surface area contributed by atoms with Crippen LogP contribution in [0.1, 0.15) is 59.3 Å². The number of anilines is 1. The van der Waals surface area contributed by atoms with Crippen LogP contribution in [0.3, 0.4) is 0 Å². The van der Waals surface area contributed by atoms with Crippen LogP contribution in [0.25, 0.3) is 0 Å². The molecule has 0 atom stereocenters. The maximum atomic E-state index is 12.3. The number of amides is 1. The highest BCUT2D eigenvalue weighted by atomic mass is 16.5. The molecule has 3 nitrogen and oxygen atoms in total. The third kappa shape index (κ3) is 5.41. The lowest BCUT2D eigenvalue weighted by Gasteiger charge is -2.32. The van der Waals surface area contributed by atoms with Gasteiger partial charge in [0.15, 0.2) is 0 Å². The molecule has 0 spiro atoms. The van der Waals surface area contributed by atoms with Crippen LogP contribution in [-0.4, -0.2) is 13.0 Å². The first-order valence-electron chi connectivity index (χ1n) is 8.01. The standard InChI is InChI=1S/C15H21NO2.C3H8/c1-15(10-4-3-5-11-15)14(17)16-12-6-8-13(18-2)9-7-12;1-3-2/h6-9H,3-5,10-11H2,1-2H3,(H,16,17);3H2,1-2H3. The molecule has 0 bridgehead atoms. The SMILES string of the molecule is CCC.COc1ccc(NC(=O)C2(C)CCCCC2)cc1. The van der Waals surface area contributed by atoms with Gasteiger partial charge in [0.25, 0.3) is 0 Å². The van der Waals surface area contributed by atoms with E-state index in [1.165, 1.54) is 12.8 Å². The van der Waals surface area contributed by atoms with Gasteiger partial charge in [-0.3, -0.25) is 4.79 Å². The maximum Gasteiger partial charge on any atom is 0.230 e. The lowest BCUT2D eigenvalue weighted by molar-refractivity contribution is -0.126. The molecule has 1 aromatic carbocycles. The molecule has 1 N–H and O–H groups in total. The van der Waals surface area contributed by atoms with Crippen LogP contribution in [0.2, 0.25) is 0 Å². The molecule has 1 saturated carbocycles. The topological polar surface area (TPSA) is 38.3 Å². The van der Waals surface area contributed by atoms with E-state index in [4.69, 9.17) is 4.74 Å². The van der Waals surface area contributed by atoms with E-state index in [0.29, 0.717) is 0 Å². The molecular formula is C18H29NO2. The predicted octanol–water partition coefficient (Wildman–Crippen LogP) is 5.02. The molecule has 1 aromatic rings. The van der Waals surface area contributed by atoms with Gasteiger partial charge < -0.3 is 10.1 Å². The molecule has 0 unspecified atom stereocenters. The monoisotopic (exact) mass is 291 g/mol. The van der Waals surface area contributed by atoms with Gasteiger partial charge in [-0.2, -0.15) is 0 Å². The first-order chi connectivity index (χ1) is 10.1. The van der Waals surface area contributed by atoms with E-state index in [1.54, 1.807) is 7.11 Å². The number of carbonyl (C=O) groups excluding carboxylic acids is 1. The van der Waals surface area contributed by atoms with Gasteiger partial charge in [-0.05, 0) is 37.1 Å². The van der Waals surface area contributed by atoms with Crippen LogP contribution in [0.15, 0.2) is 24.3 Å². The van der Waals surface area contributed by atoms with Gasteiger partial charge in [-0.1, -0.05) is 46.5 Å². The second-order valence-electron chi connectivity index (χ2n) is 6.01. The lowest BCUT2D eigenvalue weighted by atomic mass is 9.75. The van der Waals surface area contributed by atoms with Crippen LogP contribution >= 0.6 is 0 Å². The highest BCUT2D eigenvalue weighted by molar-refractivity contribution is 5.95. The molecule has 0 saturated heterocycles. The highest BCUT2D eigenvalue weighted by Crippen LogP contribution is 2.36. The van der Waals surface area contributed by atoms with Gasteiger partial charge in [-0.25, -0.2) is 0 Å². The zero-order chi connectivity index (χ0) is 15.7. The second kappa shape index (κ2) is 8.71. The number of hydrogen-bond donors (Lipinski definition) is 1. The lowest BCUT2D eigenvalue weighted by Crippen LogP contribution is -2.35. The van der Waals surface area contributed by atoms with Crippen LogP contribution < -0.4 is 10.1 Å². The normalized spacial score (nSPS) is 16.4. The van der Waals surface area contributed by atoms with Crippen molar-refractivity contribution < 1.29 is 9.53 Å². The fourth-order valence-electron chi connectivity index (χ4n) is 2.52. The Morgan fingerprint density at radius 1 is 1.14 bits per heavy atom. The summed E-state index contributed by atoms with van der Waals surface area (Å²) in [5.41, 5.74) is 0.644. The fraction of sp³-hybridized carbons (Fsp3) is 0.611. The molecule has 2 rings (SSSR count). The number of benzene rings is 1. The number of hydrogen-bond acceptors (Lipinski definition) is 2. The van der Waals surface area contributed by atoms with Gasteiger partial charge in [0.2, 0.25) is 5.91 Å². The van der Waals surface area contributed by atoms with E-state index in [2.05, 4.69) is 26.1 Å². The molecular weight excluding hydrogens is 262 g/mol. The van der Waals surface area contributed by atoms with Crippen molar-refractivity contribution in [2.45, 2.75) is 59.3 Å². The van der Waals surface area contributed by atoms with E-state index >= 15 is 0 Å². The predicted molar refractivity (Wildman–Crippen MR) is 88.8 cm³/mol. The molecule has 3 heteroatoms. The summed E-state index contributed by atoms with van der Waals surface area (Å²) in [5, 5.41) is 3.01. The molecule has 21 heavy (non-hydrogen) atoms. The van der Waals surface area contributed by atoms with Crippen molar-refractivity contribution in [1.82, 2.24) is 0 Å². The Morgan fingerprint density at radius 3 is 2.14 bits per heavy atom. The molecule has 0 aliphatic heterocycles. The number of carbonyl (C=O) groups is 1. The third-order valence-electron chi connectivity index (χ3n) is 3.85. The van der Waals surface area contributed by atoms with E-state index < -0.39 is 0 Å². The average Bonchev–Trinajstić information content (AvgIpc) is 2.49. The van der Waals surface area contributed by atoms with Crippen molar-refractivity contribution in [2.24, 2.45) is 5.41 Å². The number of rotatable bonds is 3. The van der Waals surface area contributed by atoms with Crippen molar-refractivity contribution in [2.75, 3.05) is 12.4 Å².